The van der Waals surface area contributed by atoms with Gasteiger partial charge in [0.2, 0.25) is 0 Å². The van der Waals surface area contributed by atoms with Crippen molar-refractivity contribution in [2.75, 3.05) is 6.54 Å². The van der Waals surface area contributed by atoms with Gasteiger partial charge in [-0.1, -0.05) is 12.2 Å². The molecule has 0 amide bonds. The van der Waals surface area contributed by atoms with Gasteiger partial charge in [0, 0.05) is 24.7 Å². The maximum absolute atomic E-state index is 5.88. The normalized spacial score (nSPS) is 46.6. The van der Waals surface area contributed by atoms with Crippen LogP contribution in [0.2, 0.25) is 0 Å². The van der Waals surface area contributed by atoms with Gasteiger partial charge in [0.15, 0.2) is 0 Å². The summed E-state index contributed by atoms with van der Waals surface area (Å²) in [6.07, 6.45) is 11.5. The summed E-state index contributed by atoms with van der Waals surface area (Å²) in [5.41, 5.74) is 5.88. The van der Waals surface area contributed by atoms with Crippen molar-refractivity contribution in [1.82, 2.24) is 4.90 Å². The molecule has 3 aliphatic rings. The van der Waals surface area contributed by atoms with Crippen LogP contribution in [0.15, 0.2) is 12.2 Å². The average Bonchev–Trinajstić information content (AvgIpc) is 2.85. The monoisotopic (exact) mass is 192 g/mol. The Bertz CT molecular complexity index is 229. The van der Waals surface area contributed by atoms with Gasteiger partial charge in [0.25, 0.3) is 0 Å². The van der Waals surface area contributed by atoms with Crippen molar-refractivity contribution >= 4 is 0 Å². The summed E-state index contributed by atoms with van der Waals surface area (Å²) >= 11 is 0. The topological polar surface area (TPSA) is 29.3 Å². The Balaban J connectivity index is 1.60. The van der Waals surface area contributed by atoms with Crippen LogP contribution >= 0.6 is 0 Å². The number of hydrogen-bond donors (Lipinski definition) is 1. The molecule has 1 aliphatic carbocycles. The fourth-order valence-corrected chi connectivity index (χ4v) is 3.53. The number of fused-ring (bicyclic) bond motifs is 2. The largest absolute Gasteiger partial charge is 0.324 e. The lowest BCUT2D eigenvalue weighted by molar-refractivity contribution is 0.225. The molecule has 2 fully saturated rings. The zero-order valence-corrected chi connectivity index (χ0v) is 8.73. The molecule has 0 aromatic carbocycles. The highest BCUT2D eigenvalue weighted by Gasteiger charge is 2.39. The summed E-state index contributed by atoms with van der Waals surface area (Å²) in [6.45, 7) is 1.28. The molecule has 0 saturated carbocycles. The van der Waals surface area contributed by atoms with Crippen LogP contribution in [-0.2, 0) is 0 Å². The minimum absolute atomic E-state index is 0.334. The van der Waals surface area contributed by atoms with E-state index in [0.29, 0.717) is 6.04 Å². The van der Waals surface area contributed by atoms with Crippen molar-refractivity contribution in [3.8, 4) is 0 Å². The molecule has 2 atom stereocenters. The van der Waals surface area contributed by atoms with Crippen LogP contribution < -0.4 is 5.73 Å². The van der Waals surface area contributed by atoms with Crippen LogP contribution in [0, 0.1) is 5.92 Å². The van der Waals surface area contributed by atoms with E-state index in [1.165, 1.54) is 38.6 Å². The third-order valence-corrected chi connectivity index (χ3v) is 4.25. The molecule has 2 heteroatoms. The molecule has 2 aliphatic heterocycles. The molecule has 3 rings (SSSR count). The first-order valence-electron chi connectivity index (χ1n) is 6.02. The molecule has 0 aromatic rings. The van der Waals surface area contributed by atoms with Gasteiger partial charge in [-0.15, -0.1) is 0 Å². The van der Waals surface area contributed by atoms with Crippen molar-refractivity contribution in [3.05, 3.63) is 12.2 Å². The standard InChI is InChI=1S/C12H20N2/c13-10-2-1-9(7-10)8-14-11-3-4-12(14)6-5-11/h1-2,9-12H,3-8,13H2. The van der Waals surface area contributed by atoms with Gasteiger partial charge in [0.05, 0.1) is 0 Å². The van der Waals surface area contributed by atoms with Crippen molar-refractivity contribution in [3.63, 3.8) is 0 Å². The van der Waals surface area contributed by atoms with Gasteiger partial charge < -0.3 is 5.73 Å². The molecule has 2 saturated heterocycles. The molecule has 2 N–H and O–H groups in total. The highest BCUT2D eigenvalue weighted by atomic mass is 15.2. The second-order valence-electron chi connectivity index (χ2n) is 5.20. The van der Waals surface area contributed by atoms with E-state index >= 15 is 0 Å². The summed E-state index contributed by atoms with van der Waals surface area (Å²) in [4.78, 5) is 2.76. The Morgan fingerprint density at radius 1 is 1.07 bits per heavy atom. The number of hydrogen-bond acceptors (Lipinski definition) is 2. The van der Waals surface area contributed by atoms with Crippen LogP contribution in [0.5, 0.6) is 0 Å². The first kappa shape index (κ1) is 8.93. The summed E-state index contributed by atoms with van der Waals surface area (Å²) in [5.74, 6) is 0.742. The summed E-state index contributed by atoms with van der Waals surface area (Å²) in [6, 6.07) is 2.18. The van der Waals surface area contributed by atoms with Gasteiger partial charge in [-0.25, -0.2) is 0 Å². The minimum atomic E-state index is 0.334. The Hall–Kier alpha value is -0.340. The summed E-state index contributed by atoms with van der Waals surface area (Å²) in [7, 11) is 0. The van der Waals surface area contributed by atoms with Crippen molar-refractivity contribution < 1.29 is 0 Å². The first-order valence-corrected chi connectivity index (χ1v) is 6.02. The molecule has 14 heavy (non-hydrogen) atoms. The molecular formula is C12H20N2. The SMILES string of the molecule is NC1C=CC(CN2C3CCC2CC3)C1. The lowest BCUT2D eigenvalue weighted by atomic mass is 10.0. The van der Waals surface area contributed by atoms with Gasteiger partial charge in [0.1, 0.15) is 0 Å². The lowest BCUT2D eigenvalue weighted by Crippen LogP contribution is -2.33. The smallest absolute Gasteiger partial charge is 0.0229 e. The molecule has 0 radical (unpaired) electrons. The van der Waals surface area contributed by atoms with E-state index in [0.717, 1.165) is 18.0 Å². The van der Waals surface area contributed by atoms with Gasteiger partial charge in [-0.05, 0) is 38.0 Å². The van der Waals surface area contributed by atoms with E-state index in [4.69, 9.17) is 5.73 Å². The van der Waals surface area contributed by atoms with E-state index in [-0.39, 0.29) is 0 Å². The van der Waals surface area contributed by atoms with Crippen LogP contribution in [0.25, 0.3) is 0 Å². The van der Waals surface area contributed by atoms with E-state index in [1.807, 2.05) is 0 Å². The predicted molar refractivity (Wildman–Crippen MR) is 58.0 cm³/mol. The maximum atomic E-state index is 5.88. The number of rotatable bonds is 2. The van der Waals surface area contributed by atoms with E-state index in [1.54, 1.807) is 0 Å². The third-order valence-electron chi connectivity index (χ3n) is 4.25. The minimum Gasteiger partial charge on any atom is -0.324 e. The molecule has 0 aromatic heterocycles. The highest BCUT2D eigenvalue weighted by molar-refractivity contribution is 5.07. The van der Waals surface area contributed by atoms with Crippen molar-refractivity contribution in [2.24, 2.45) is 11.7 Å². The van der Waals surface area contributed by atoms with Crippen LogP contribution in [-0.4, -0.2) is 29.6 Å². The Labute approximate surface area is 86.1 Å². The van der Waals surface area contributed by atoms with Crippen LogP contribution in [0.4, 0.5) is 0 Å². The molecule has 2 unspecified atom stereocenters. The fourth-order valence-electron chi connectivity index (χ4n) is 3.53. The van der Waals surface area contributed by atoms with Crippen LogP contribution in [0.1, 0.15) is 32.1 Å². The Morgan fingerprint density at radius 3 is 2.21 bits per heavy atom. The number of nitrogens with two attached hydrogens (primary N) is 1. The lowest BCUT2D eigenvalue weighted by Gasteiger charge is -2.24. The average molecular weight is 192 g/mol. The number of nitrogens with zero attached hydrogens (tertiary/aromatic N) is 1. The van der Waals surface area contributed by atoms with E-state index < -0.39 is 0 Å². The Kier molecular flexibility index (Phi) is 2.14. The van der Waals surface area contributed by atoms with Crippen molar-refractivity contribution in [2.45, 2.75) is 50.2 Å². The van der Waals surface area contributed by atoms with Crippen molar-refractivity contribution in [1.29, 1.82) is 0 Å². The predicted octanol–water partition coefficient (Wildman–Crippen LogP) is 1.52. The summed E-state index contributed by atoms with van der Waals surface area (Å²) < 4.78 is 0. The molecular weight excluding hydrogens is 172 g/mol. The quantitative estimate of drug-likeness (QED) is 0.672. The van der Waals surface area contributed by atoms with Gasteiger partial charge >= 0.3 is 0 Å². The van der Waals surface area contributed by atoms with E-state index in [9.17, 15) is 0 Å². The van der Waals surface area contributed by atoms with Gasteiger partial charge in [-0.2, -0.15) is 0 Å². The zero-order chi connectivity index (χ0) is 9.54. The summed E-state index contributed by atoms with van der Waals surface area (Å²) in [5, 5.41) is 0. The first-order chi connectivity index (χ1) is 6.83. The van der Waals surface area contributed by atoms with E-state index in [2.05, 4.69) is 17.1 Å². The second-order valence-corrected chi connectivity index (χ2v) is 5.20. The van der Waals surface area contributed by atoms with Crippen LogP contribution in [0.3, 0.4) is 0 Å². The Morgan fingerprint density at radius 2 is 1.71 bits per heavy atom. The molecule has 2 heterocycles. The zero-order valence-electron chi connectivity index (χ0n) is 8.73. The molecule has 78 valence electrons. The molecule has 2 nitrogen and oxygen atoms in total. The molecule has 2 bridgehead atoms. The van der Waals surface area contributed by atoms with Gasteiger partial charge in [-0.3, -0.25) is 4.90 Å². The fraction of sp³-hybridized carbons (Fsp3) is 0.833. The maximum Gasteiger partial charge on any atom is 0.0229 e. The molecule has 0 spiro atoms. The highest BCUT2D eigenvalue weighted by Crippen LogP contribution is 2.38. The third kappa shape index (κ3) is 1.41. The second kappa shape index (κ2) is 3.35.